The fourth-order valence-electron chi connectivity index (χ4n) is 2.44. The van der Waals surface area contributed by atoms with Gasteiger partial charge in [-0.1, -0.05) is 23.4 Å². The van der Waals surface area contributed by atoms with Crippen LogP contribution in [0.25, 0.3) is 5.78 Å². The number of aryl methyl sites for hydroxylation is 2. The number of alkyl halides is 3. The molecule has 0 saturated carbocycles. The van der Waals surface area contributed by atoms with Crippen LogP contribution in [0, 0.1) is 13.8 Å². The Morgan fingerprint density at radius 1 is 1.25 bits per heavy atom. The summed E-state index contributed by atoms with van der Waals surface area (Å²) in [6.07, 6.45) is -4.53. The van der Waals surface area contributed by atoms with Crippen molar-refractivity contribution in [2.24, 2.45) is 0 Å². The molecule has 0 bridgehead atoms. The van der Waals surface area contributed by atoms with Crippen molar-refractivity contribution in [2.45, 2.75) is 37.4 Å². The van der Waals surface area contributed by atoms with Gasteiger partial charge in [0, 0.05) is 11.4 Å². The molecule has 0 aliphatic heterocycles. The molecule has 2 aromatic heterocycles. The van der Waals surface area contributed by atoms with Gasteiger partial charge in [0.15, 0.2) is 0 Å². The Morgan fingerprint density at radius 2 is 1.96 bits per heavy atom. The largest absolute Gasteiger partial charge is 0.416 e. The van der Waals surface area contributed by atoms with Crippen molar-refractivity contribution in [3.63, 3.8) is 0 Å². The molecule has 3 aromatic rings. The highest BCUT2D eigenvalue weighted by molar-refractivity contribution is 8.00. The molecule has 0 saturated heterocycles. The maximum atomic E-state index is 12.9. The van der Waals surface area contributed by atoms with Crippen LogP contribution < -0.4 is 5.32 Å². The number of halogens is 4. The van der Waals surface area contributed by atoms with E-state index in [0.29, 0.717) is 10.9 Å². The molecule has 0 aliphatic carbocycles. The summed E-state index contributed by atoms with van der Waals surface area (Å²) in [5.41, 5.74) is 0.630. The van der Waals surface area contributed by atoms with Crippen molar-refractivity contribution < 1.29 is 18.0 Å². The smallest absolute Gasteiger partial charge is 0.324 e. The number of carbonyl (C=O) groups excluding carboxylic acids is 1. The number of thioether (sulfide) groups is 1. The van der Waals surface area contributed by atoms with Gasteiger partial charge in [0.05, 0.1) is 21.5 Å². The molecule has 0 radical (unpaired) electrons. The first-order valence-corrected chi connectivity index (χ1v) is 9.35. The molecule has 1 atom stereocenters. The van der Waals surface area contributed by atoms with E-state index >= 15 is 0 Å². The Hall–Kier alpha value is -2.33. The average molecular weight is 430 g/mol. The van der Waals surface area contributed by atoms with E-state index < -0.39 is 22.9 Å². The van der Waals surface area contributed by atoms with Gasteiger partial charge in [0.25, 0.3) is 5.78 Å². The molecule has 6 nitrogen and oxygen atoms in total. The quantitative estimate of drug-likeness (QED) is 0.617. The fourth-order valence-corrected chi connectivity index (χ4v) is 3.35. The lowest BCUT2D eigenvalue weighted by Crippen LogP contribution is -2.23. The minimum absolute atomic E-state index is 0.0136. The molecule has 0 spiro atoms. The summed E-state index contributed by atoms with van der Waals surface area (Å²) in [7, 11) is 0. The molecule has 2 heterocycles. The van der Waals surface area contributed by atoms with E-state index in [1.807, 2.05) is 19.9 Å². The molecule has 1 unspecified atom stereocenters. The second-order valence-corrected chi connectivity index (χ2v) is 7.80. The van der Waals surface area contributed by atoms with Gasteiger partial charge in [0.2, 0.25) is 11.1 Å². The number of nitrogens with one attached hydrogen (secondary N) is 1. The number of fused-ring (bicyclic) bond motifs is 1. The third-order valence-corrected chi connectivity index (χ3v) is 5.08. The van der Waals surface area contributed by atoms with Gasteiger partial charge >= 0.3 is 6.18 Å². The van der Waals surface area contributed by atoms with Crippen molar-refractivity contribution in [3.05, 3.63) is 46.2 Å². The number of nitrogens with zero attached hydrogens (tertiary/aromatic N) is 4. The van der Waals surface area contributed by atoms with Crippen molar-refractivity contribution in [1.82, 2.24) is 19.6 Å². The highest BCUT2D eigenvalue weighted by atomic mass is 35.5. The van der Waals surface area contributed by atoms with Crippen LogP contribution in [0.2, 0.25) is 5.02 Å². The second kappa shape index (κ2) is 7.59. The van der Waals surface area contributed by atoms with Gasteiger partial charge in [-0.05, 0) is 45.0 Å². The molecular formula is C17H15ClF3N5OS. The molecule has 0 aliphatic rings. The van der Waals surface area contributed by atoms with Gasteiger partial charge in [0.1, 0.15) is 0 Å². The molecule has 148 valence electrons. The van der Waals surface area contributed by atoms with Gasteiger partial charge in [-0.2, -0.15) is 18.2 Å². The second-order valence-electron chi connectivity index (χ2n) is 6.09. The molecule has 11 heteroatoms. The first-order chi connectivity index (χ1) is 13.0. The highest BCUT2D eigenvalue weighted by Crippen LogP contribution is 2.34. The Bertz CT molecular complexity index is 1050. The van der Waals surface area contributed by atoms with E-state index in [1.165, 1.54) is 0 Å². The zero-order chi connectivity index (χ0) is 20.6. The van der Waals surface area contributed by atoms with E-state index in [-0.39, 0.29) is 10.7 Å². The van der Waals surface area contributed by atoms with E-state index in [1.54, 1.807) is 11.4 Å². The number of hydrogen-bond donors (Lipinski definition) is 1. The lowest BCUT2D eigenvalue weighted by atomic mass is 10.2. The van der Waals surface area contributed by atoms with Crippen LogP contribution in [0.3, 0.4) is 0 Å². The van der Waals surface area contributed by atoms with Crippen LogP contribution in [0.1, 0.15) is 23.9 Å². The Kier molecular flexibility index (Phi) is 5.53. The van der Waals surface area contributed by atoms with Crippen molar-refractivity contribution in [3.8, 4) is 0 Å². The summed E-state index contributed by atoms with van der Waals surface area (Å²) in [6, 6.07) is 4.60. The average Bonchev–Trinajstić information content (AvgIpc) is 2.98. The number of hydrogen-bond acceptors (Lipinski definition) is 5. The van der Waals surface area contributed by atoms with Crippen LogP contribution in [0.15, 0.2) is 29.4 Å². The number of rotatable bonds is 4. The number of benzene rings is 1. The van der Waals surface area contributed by atoms with Gasteiger partial charge in [-0.3, -0.25) is 4.79 Å². The van der Waals surface area contributed by atoms with Crippen molar-refractivity contribution in [1.29, 1.82) is 0 Å². The number of anilines is 1. The number of amides is 1. The standard InChI is InChI=1S/C17H15ClF3N5OS/c1-8-6-9(2)26-15(22-8)24-16(25-26)28-10(3)14(27)23-13-7-11(17(19,20)21)4-5-12(13)18/h4-7,10H,1-3H3,(H,23,27). The summed E-state index contributed by atoms with van der Waals surface area (Å²) in [6.45, 7) is 5.29. The normalized spacial score (nSPS) is 13.0. The molecule has 1 N–H and O–H groups in total. The molecular weight excluding hydrogens is 415 g/mol. The topological polar surface area (TPSA) is 72.2 Å². The molecule has 1 aromatic carbocycles. The monoisotopic (exact) mass is 429 g/mol. The molecule has 0 fully saturated rings. The lowest BCUT2D eigenvalue weighted by molar-refractivity contribution is -0.137. The van der Waals surface area contributed by atoms with Gasteiger partial charge in [-0.25, -0.2) is 9.50 Å². The van der Waals surface area contributed by atoms with Crippen LogP contribution in [-0.2, 0) is 11.0 Å². The Balaban J connectivity index is 1.76. The molecule has 3 rings (SSSR count). The van der Waals surface area contributed by atoms with Crippen LogP contribution in [-0.4, -0.2) is 30.7 Å². The van der Waals surface area contributed by atoms with Gasteiger partial charge < -0.3 is 5.32 Å². The van der Waals surface area contributed by atoms with E-state index in [4.69, 9.17) is 11.6 Å². The van der Waals surface area contributed by atoms with E-state index in [2.05, 4.69) is 20.4 Å². The summed E-state index contributed by atoms with van der Waals surface area (Å²) in [4.78, 5) is 21.0. The molecule has 28 heavy (non-hydrogen) atoms. The van der Waals surface area contributed by atoms with Crippen LogP contribution in [0.5, 0.6) is 0 Å². The Morgan fingerprint density at radius 3 is 2.64 bits per heavy atom. The van der Waals surface area contributed by atoms with E-state index in [9.17, 15) is 18.0 Å². The van der Waals surface area contributed by atoms with Crippen molar-refractivity contribution >= 4 is 40.7 Å². The fraction of sp³-hybridized carbons (Fsp3) is 0.294. The minimum Gasteiger partial charge on any atom is -0.324 e. The SMILES string of the molecule is Cc1cc(C)n2nc(SC(C)C(=O)Nc3cc(C(F)(F)F)ccc3Cl)nc2n1. The molecule has 1 amide bonds. The summed E-state index contributed by atoms with van der Waals surface area (Å²) in [5.74, 6) is -0.112. The summed E-state index contributed by atoms with van der Waals surface area (Å²) < 4.78 is 40.1. The third kappa shape index (κ3) is 4.39. The van der Waals surface area contributed by atoms with E-state index in [0.717, 1.165) is 41.3 Å². The van der Waals surface area contributed by atoms with Crippen LogP contribution in [0.4, 0.5) is 18.9 Å². The number of aromatic nitrogens is 4. The van der Waals surface area contributed by atoms with Crippen LogP contribution >= 0.6 is 23.4 Å². The minimum atomic E-state index is -4.53. The first kappa shape index (κ1) is 20.4. The maximum absolute atomic E-state index is 12.9. The zero-order valence-corrected chi connectivity index (χ0v) is 16.6. The first-order valence-electron chi connectivity index (χ1n) is 8.10. The van der Waals surface area contributed by atoms with Gasteiger partial charge in [-0.15, -0.1) is 5.10 Å². The maximum Gasteiger partial charge on any atom is 0.416 e. The lowest BCUT2D eigenvalue weighted by Gasteiger charge is -2.13. The summed E-state index contributed by atoms with van der Waals surface area (Å²) >= 11 is 6.98. The highest BCUT2D eigenvalue weighted by Gasteiger charge is 2.31. The van der Waals surface area contributed by atoms with Crippen molar-refractivity contribution in [2.75, 3.05) is 5.32 Å². The zero-order valence-electron chi connectivity index (χ0n) is 15.0. The Labute approximate surface area is 167 Å². The predicted octanol–water partition coefficient (Wildman–Crippen LogP) is 4.53. The number of carbonyl (C=O) groups is 1. The summed E-state index contributed by atoms with van der Waals surface area (Å²) in [5, 5.41) is 6.39. The third-order valence-electron chi connectivity index (χ3n) is 3.80. The predicted molar refractivity (Wildman–Crippen MR) is 101 cm³/mol.